The third-order valence-electron chi connectivity index (χ3n) is 3.62. The smallest absolute Gasteiger partial charge is 0.317 e. The van der Waals surface area contributed by atoms with Gasteiger partial charge in [-0.25, -0.2) is 0 Å². The first-order valence-electron chi connectivity index (χ1n) is 7.05. The molecular formula is C13H19N3O2S. The van der Waals surface area contributed by atoms with Gasteiger partial charge in [-0.1, -0.05) is 25.1 Å². The molecule has 3 rings (SSSR count). The van der Waals surface area contributed by atoms with Gasteiger partial charge in [0.2, 0.25) is 0 Å². The second kappa shape index (κ2) is 5.15. The van der Waals surface area contributed by atoms with Gasteiger partial charge in [0.05, 0.1) is 0 Å². The average Bonchev–Trinajstić information content (AvgIpc) is 3.28. The lowest BCUT2D eigenvalue weighted by molar-refractivity contribution is -0.136. The largest absolute Gasteiger partial charge is 0.480 e. The number of carbonyl (C=O) groups is 1. The molecule has 0 radical (unpaired) electrons. The van der Waals surface area contributed by atoms with Gasteiger partial charge in [-0.05, 0) is 32.1 Å². The Hall–Kier alpha value is -1.04. The number of thioether (sulfide) groups is 1. The molecule has 104 valence electrons. The minimum atomic E-state index is -0.745. The first-order valence-corrected chi connectivity index (χ1v) is 7.93. The monoisotopic (exact) mass is 281 g/mol. The maximum atomic E-state index is 11.3. The molecular weight excluding hydrogens is 262 g/mol. The lowest BCUT2D eigenvalue weighted by Gasteiger charge is -2.12. The number of carboxylic acids is 1. The van der Waals surface area contributed by atoms with Crippen LogP contribution in [0.1, 0.15) is 63.2 Å². The molecule has 6 heteroatoms. The summed E-state index contributed by atoms with van der Waals surface area (Å²) in [5, 5.41) is 18.2. The first kappa shape index (κ1) is 13.0. The SMILES string of the molecule is CCCC(Sc1nnc(C2CC2)n1C1CC1)C(=O)O. The van der Waals surface area contributed by atoms with Gasteiger partial charge in [0.1, 0.15) is 11.1 Å². The molecule has 2 saturated carbocycles. The maximum Gasteiger partial charge on any atom is 0.317 e. The minimum Gasteiger partial charge on any atom is -0.480 e. The molecule has 5 nitrogen and oxygen atoms in total. The highest BCUT2D eigenvalue weighted by Gasteiger charge is 2.37. The fourth-order valence-electron chi connectivity index (χ4n) is 2.29. The average molecular weight is 281 g/mol. The molecule has 1 unspecified atom stereocenters. The van der Waals surface area contributed by atoms with Crippen molar-refractivity contribution in [2.45, 2.75) is 67.8 Å². The van der Waals surface area contributed by atoms with Crippen molar-refractivity contribution >= 4 is 17.7 Å². The number of hydrogen-bond acceptors (Lipinski definition) is 4. The van der Waals surface area contributed by atoms with Crippen molar-refractivity contribution < 1.29 is 9.90 Å². The molecule has 0 aromatic carbocycles. The van der Waals surface area contributed by atoms with Gasteiger partial charge < -0.3 is 9.67 Å². The van der Waals surface area contributed by atoms with Crippen molar-refractivity contribution in [3.8, 4) is 0 Å². The maximum absolute atomic E-state index is 11.3. The normalized spacial score (nSPS) is 20.5. The van der Waals surface area contributed by atoms with Crippen LogP contribution in [0.15, 0.2) is 5.16 Å². The van der Waals surface area contributed by atoms with Crippen LogP contribution in [-0.2, 0) is 4.79 Å². The fourth-order valence-corrected chi connectivity index (χ4v) is 3.44. The van der Waals surface area contributed by atoms with Crippen molar-refractivity contribution in [1.29, 1.82) is 0 Å². The second-order valence-corrected chi connectivity index (χ2v) is 6.62. The van der Waals surface area contributed by atoms with Crippen LogP contribution in [0.2, 0.25) is 0 Å². The number of nitrogens with zero attached hydrogens (tertiary/aromatic N) is 3. The zero-order valence-electron chi connectivity index (χ0n) is 11.1. The molecule has 2 fully saturated rings. The molecule has 1 heterocycles. The predicted molar refractivity (Wildman–Crippen MR) is 72.5 cm³/mol. The minimum absolute atomic E-state index is 0.404. The number of hydrogen-bond donors (Lipinski definition) is 1. The van der Waals surface area contributed by atoms with E-state index in [-0.39, 0.29) is 0 Å². The van der Waals surface area contributed by atoms with E-state index in [0.717, 1.165) is 17.4 Å². The predicted octanol–water partition coefficient (Wildman–Crippen LogP) is 2.84. The Labute approximate surface area is 116 Å². The van der Waals surface area contributed by atoms with Crippen molar-refractivity contribution in [2.75, 3.05) is 0 Å². The van der Waals surface area contributed by atoms with E-state index in [9.17, 15) is 9.90 Å². The summed E-state index contributed by atoms with van der Waals surface area (Å²) in [5.74, 6) is 0.910. The zero-order valence-corrected chi connectivity index (χ0v) is 11.9. The van der Waals surface area contributed by atoms with E-state index in [1.54, 1.807) is 0 Å². The quantitative estimate of drug-likeness (QED) is 0.778. The third kappa shape index (κ3) is 2.78. The Morgan fingerprint density at radius 3 is 2.68 bits per heavy atom. The van der Waals surface area contributed by atoms with Crippen molar-refractivity contribution in [3.05, 3.63) is 5.82 Å². The van der Waals surface area contributed by atoms with Gasteiger partial charge in [-0.2, -0.15) is 0 Å². The standard InChI is InChI=1S/C13H19N3O2S/c1-2-3-10(12(17)18)19-13-15-14-11(8-4-5-8)16(13)9-6-7-9/h8-10H,2-7H2,1H3,(H,17,18). The van der Waals surface area contributed by atoms with Crippen LogP contribution in [0.4, 0.5) is 0 Å². The first-order chi connectivity index (χ1) is 9.20. The van der Waals surface area contributed by atoms with E-state index in [1.165, 1.54) is 37.4 Å². The number of carboxylic acid groups (broad SMARTS) is 1. The topological polar surface area (TPSA) is 68.0 Å². The van der Waals surface area contributed by atoms with Crippen molar-refractivity contribution in [2.24, 2.45) is 0 Å². The summed E-state index contributed by atoms with van der Waals surface area (Å²) in [6.45, 7) is 2.01. The molecule has 0 bridgehead atoms. The van der Waals surface area contributed by atoms with E-state index in [2.05, 4.69) is 14.8 Å². The van der Waals surface area contributed by atoms with Gasteiger partial charge >= 0.3 is 5.97 Å². The van der Waals surface area contributed by atoms with Crippen LogP contribution in [-0.4, -0.2) is 31.1 Å². The molecule has 19 heavy (non-hydrogen) atoms. The molecule has 1 N–H and O–H groups in total. The third-order valence-corrected chi connectivity index (χ3v) is 4.83. The molecule has 2 aliphatic rings. The summed E-state index contributed by atoms with van der Waals surface area (Å²) in [6.07, 6.45) is 6.31. The number of aromatic nitrogens is 3. The van der Waals surface area contributed by atoms with Crippen LogP contribution in [0.25, 0.3) is 0 Å². The molecule has 1 atom stereocenters. The van der Waals surface area contributed by atoms with Crippen LogP contribution >= 0.6 is 11.8 Å². The molecule has 0 amide bonds. The van der Waals surface area contributed by atoms with E-state index in [4.69, 9.17) is 0 Å². The lowest BCUT2D eigenvalue weighted by atomic mass is 10.2. The summed E-state index contributed by atoms with van der Waals surface area (Å²) >= 11 is 1.37. The van der Waals surface area contributed by atoms with Gasteiger partial charge in [-0.3, -0.25) is 4.79 Å². The molecule has 1 aromatic rings. The van der Waals surface area contributed by atoms with Gasteiger partial charge in [0.25, 0.3) is 0 Å². The highest BCUT2D eigenvalue weighted by Crippen LogP contribution is 2.46. The summed E-state index contributed by atoms with van der Waals surface area (Å²) < 4.78 is 2.22. The van der Waals surface area contributed by atoms with Gasteiger partial charge in [0, 0.05) is 12.0 Å². The lowest BCUT2D eigenvalue weighted by Crippen LogP contribution is -2.17. The Bertz CT molecular complexity index is 480. The Kier molecular flexibility index (Phi) is 3.52. The zero-order chi connectivity index (χ0) is 13.4. The van der Waals surface area contributed by atoms with Crippen molar-refractivity contribution in [1.82, 2.24) is 14.8 Å². The Balaban J connectivity index is 1.81. The van der Waals surface area contributed by atoms with E-state index < -0.39 is 11.2 Å². The summed E-state index contributed by atoms with van der Waals surface area (Å²) in [7, 11) is 0. The van der Waals surface area contributed by atoms with Gasteiger partial charge in [0.15, 0.2) is 5.16 Å². The van der Waals surface area contributed by atoms with Crippen LogP contribution < -0.4 is 0 Å². The number of rotatable bonds is 7. The van der Waals surface area contributed by atoms with Crippen LogP contribution in [0, 0.1) is 0 Å². The second-order valence-electron chi connectivity index (χ2n) is 5.45. The molecule has 0 saturated heterocycles. The Morgan fingerprint density at radius 2 is 2.16 bits per heavy atom. The summed E-state index contributed by atoms with van der Waals surface area (Å²) in [5.41, 5.74) is 0. The number of aliphatic carboxylic acids is 1. The van der Waals surface area contributed by atoms with E-state index in [0.29, 0.717) is 18.4 Å². The van der Waals surface area contributed by atoms with E-state index in [1.807, 2.05) is 6.92 Å². The highest BCUT2D eigenvalue weighted by molar-refractivity contribution is 8.00. The van der Waals surface area contributed by atoms with Crippen LogP contribution in [0.3, 0.4) is 0 Å². The molecule has 1 aromatic heterocycles. The summed E-state index contributed by atoms with van der Waals surface area (Å²) in [6, 6.07) is 0.518. The molecule has 0 aliphatic heterocycles. The fraction of sp³-hybridized carbons (Fsp3) is 0.769. The highest BCUT2D eigenvalue weighted by atomic mass is 32.2. The van der Waals surface area contributed by atoms with Crippen LogP contribution in [0.5, 0.6) is 0 Å². The molecule has 0 spiro atoms. The van der Waals surface area contributed by atoms with E-state index >= 15 is 0 Å². The van der Waals surface area contributed by atoms with Gasteiger partial charge in [-0.15, -0.1) is 10.2 Å². The van der Waals surface area contributed by atoms with Crippen molar-refractivity contribution in [3.63, 3.8) is 0 Å². The molecule has 2 aliphatic carbocycles. The Morgan fingerprint density at radius 1 is 1.42 bits per heavy atom. The summed E-state index contributed by atoms with van der Waals surface area (Å²) in [4.78, 5) is 11.3.